The van der Waals surface area contributed by atoms with Gasteiger partial charge < -0.3 is 9.33 Å². The maximum Gasteiger partial charge on any atom is 0.183 e. The minimum atomic E-state index is -1.28. The highest BCUT2D eigenvalue weighted by Crippen LogP contribution is 2.09. The summed E-state index contributed by atoms with van der Waals surface area (Å²) in [6, 6.07) is 0. The lowest BCUT2D eigenvalue weighted by Gasteiger charge is -2.23. The van der Waals surface area contributed by atoms with Crippen molar-refractivity contribution in [2.75, 3.05) is 26.2 Å². The fraction of sp³-hybridized carbons (Fsp3) is 1.00. The van der Waals surface area contributed by atoms with Crippen LogP contribution >= 0.6 is 0 Å². The third-order valence-corrected chi connectivity index (χ3v) is 3.71. The van der Waals surface area contributed by atoms with Crippen LogP contribution in [0.4, 0.5) is 0 Å². The molecule has 1 aliphatic rings. The van der Waals surface area contributed by atoms with Crippen molar-refractivity contribution in [3.63, 3.8) is 0 Å². The average molecular weight is 215 g/mol. The maximum absolute atomic E-state index is 5.87. The van der Waals surface area contributed by atoms with Crippen LogP contribution in [0.2, 0.25) is 19.6 Å². The smallest absolute Gasteiger partial charge is 0.183 e. The quantitative estimate of drug-likeness (QED) is 0.669. The molecule has 0 atom stereocenters. The molecule has 0 aromatic carbocycles. The molecule has 0 spiro atoms. The Morgan fingerprint density at radius 1 is 1.00 bits per heavy atom. The summed E-state index contributed by atoms with van der Waals surface area (Å²) in [6.07, 6.45) is 5.61. The molecule has 0 amide bonds. The molecule has 1 heterocycles. The topological polar surface area (TPSA) is 12.5 Å². The zero-order valence-corrected chi connectivity index (χ0v) is 11.0. The molecule has 0 aliphatic carbocycles. The second kappa shape index (κ2) is 5.88. The number of nitrogens with zero attached hydrogens (tertiary/aromatic N) is 1. The summed E-state index contributed by atoms with van der Waals surface area (Å²) < 4.78 is 5.87. The Kier molecular flexibility index (Phi) is 5.13. The molecule has 14 heavy (non-hydrogen) atoms. The summed E-state index contributed by atoms with van der Waals surface area (Å²) in [5, 5.41) is 0. The van der Waals surface area contributed by atoms with Crippen molar-refractivity contribution in [2.45, 2.75) is 45.3 Å². The number of rotatable bonds is 4. The second-order valence-electron chi connectivity index (χ2n) is 5.22. The predicted octanol–water partition coefficient (Wildman–Crippen LogP) is 2.71. The highest BCUT2D eigenvalue weighted by Gasteiger charge is 2.15. The van der Waals surface area contributed by atoms with Gasteiger partial charge in [-0.15, -0.1) is 0 Å². The Morgan fingerprint density at radius 3 is 2.07 bits per heavy atom. The minimum Gasteiger partial charge on any atom is -0.416 e. The molecular weight excluding hydrogens is 190 g/mol. The van der Waals surface area contributed by atoms with Crippen molar-refractivity contribution in [1.82, 2.24) is 4.90 Å². The van der Waals surface area contributed by atoms with Crippen molar-refractivity contribution in [1.29, 1.82) is 0 Å². The molecular formula is C11H25NOSi. The van der Waals surface area contributed by atoms with E-state index in [9.17, 15) is 0 Å². The maximum atomic E-state index is 5.87. The van der Waals surface area contributed by atoms with E-state index in [4.69, 9.17) is 4.43 Å². The number of likely N-dealkylation sites (tertiary alicyclic amines) is 1. The summed E-state index contributed by atoms with van der Waals surface area (Å²) in [4.78, 5) is 2.56. The van der Waals surface area contributed by atoms with E-state index in [0.717, 1.165) is 13.2 Å². The SMILES string of the molecule is C[Si](C)(C)OCCN1CCCCCC1. The van der Waals surface area contributed by atoms with Gasteiger partial charge >= 0.3 is 0 Å². The lowest BCUT2D eigenvalue weighted by molar-refractivity contribution is 0.210. The zero-order chi connectivity index (χ0) is 10.4. The minimum absolute atomic E-state index is 0.940. The van der Waals surface area contributed by atoms with Crippen LogP contribution in [-0.2, 0) is 4.43 Å². The summed E-state index contributed by atoms with van der Waals surface area (Å²) in [6.45, 7) is 11.4. The van der Waals surface area contributed by atoms with Gasteiger partial charge in [0.05, 0.1) is 0 Å². The van der Waals surface area contributed by atoms with E-state index < -0.39 is 8.32 Å². The molecule has 2 nitrogen and oxygen atoms in total. The first kappa shape index (κ1) is 12.2. The van der Waals surface area contributed by atoms with E-state index in [2.05, 4.69) is 24.5 Å². The summed E-state index contributed by atoms with van der Waals surface area (Å²) in [7, 11) is -1.28. The van der Waals surface area contributed by atoms with Gasteiger partial charge in [-0.3, -0.25) is 0 Å². The fourth-order valence-electron chi connectivity index (χ4n) is 1.84. The first-order chi connectivity index (χ1) is 6.58. The molecule has 84 valence electrons. The monoisotopic (exact) mass is 215 g/mol. The van der Waals surface area contributed by atoms with Crippen molar-refractivity contribution in [3.8, 4) is 0 Å². The van der Waals surface area contributed by atoms with Crippen LogP contribution in [0.15, 0.2) is 0 Å². The predicted molar refractivity (Wildman–Crippen MR) is 64.2 cm³/mol. The van der Waals surface area contributed by atoms with Gasteiger partial charge in [0, 0.05) is 13.2 Å². The van der Waals surface area contributed by atoms with Crippen LogP contribution in [-0.4, -0.2) is 39.5 Å². The molecule has 0 saturated carbocycles. The molecule has 1 saturated heterocycles. The van der Waals surface area contributed by atoms with E-state index in [0.29, 0.717) is 0 Å². The largest absolute Gasteiger partial charge is 0.416 e. The van der Waals surface area contributed by atoms with Crippen molar-refractivity contribution >= 4 is 8.32 Å². The van der Waals surface area contributed by atoms with Gasteiger partial charge in [-0.25, -0.2) is 0 Å². The Morgan fingerprint density at radius 2 is 1.57 bits per heavy atom. The summed E-state index contributed by atoms with van der Waals surface area (Å²) in [5.41, 5.74) is 0. The van der Waals surface area contributed by atoms with Crippen molar-refractivity contribution in [2.24, 2.45) is 0 Å². The van der Waals surface area contributed by atoms with Crippen LogP contribution < -0.4 is 0 Å². The molecule has 0 aromatic rings. The Labute approximate surface area is 89.8 Å². The molecule has 1 fully saturated rings. The van der Waals surface area contributed by atoms with Crippen LogP contribution in [0.25, 0.3) is 0 Å². The molecule has 0 N–H and O–H groups in total. The van der Waals surface area contributed by atoms with E-state index in [1.165, 1.54) is 38.8 Å². The first-order valence-electron chi connectivity index (χ1n) is 5.94. The Hall–Kier alpha value is 0.137. The Bertz CT molecular complexity index is 148. The van der Waals surface area contributed by atoms with Gasteiger partial charge in [-0.05, 0) is 45.6 Å². The highest BCUT2D eigenvalue weighted by atomic mass is 28.4. The third-order valence-electron chi connectivity index (χ3n) is 2.64. The molecule has 1 rings (SSSR count). The van der Waals surface area contributed by atoms with Crippen LogP contribution in [0.3, 0.4) is 0 Å². The lowest BCUT2D eigenvalue weighted by atomic mass is 10.2. The van der Waals surface area contributed by atoms with Gasteiger partial charge in [-0.1, -0.05) is 12.8 Å². The van der Waals surface area contributed by atoms with Crippen LogP contribution in [0, 0.1) is 0 Å². The fourth-order valence-corrected chi connectivity index (χ4v) is 2.54. The normalized spacial score (nSPS) is 20.8. The van der Waals surface area contributed by atoms with Crippen LogP contribution in [0.1, 0.15) is 25.7 Å². The van der Waals surface area contributed by atoms with Gasteiger partial charge in [0.1, 0.15) is 0 Å². The van der Waals surface area contributed by atoms with Gasteiger partial charge in [0.25, 0.3) is 0 Å². The van der Waals surface area contributed by atoms with Gasteiger partial charge in [-0.2, -0.15) is 0 Å². The van der Waals surface area contributed by atoms with E-state index >= 15 is 0 Å². The number of hydrogen-bond donors (Lipinski definition) is 0. The van der Waals surface area contributed by atoms with E-state index in [1.807, 2.05) is 0 Å². The zero-order valence-electron chi connectivity index (χ0n) is 10.0. The second-order valence-corrected chi connectivity index (χ2v) is 9.73. The first-order valence-corrected chi connectivity index (χ1v) is 9.35. The van der Waals surface area contributed by atoms with Crippen molar-refractivity contribution < 1.29 is 4.43 Å². The molecule has 3 heteroatoms. The standard InChI is InChI=1S/C11H25NOSi/c1-14(2,3)13-11-10-12-8-6-4-5-7-9-12/h4-11H2,1-3H3. The Balaban J connectivity index is 2.10. The average Bonchev–Trinajstić information content (AvgIpc) is 2.30. The van der Waals surface area contributed by atoms with E-state index in [1.54, 1.807) is 0 Å². The van der Waals surface area contributed by atoms with Gasteiger partial charge in [0.2, 0.25) is 0 Å². The highest BCUT2D eigenvalue weighted by molar-refractivity contribution is 6.69. The molecule has 0 radical (unpaired) electrons. The lowest BCUT2D eigenvalue weighted by Crippen LogP contribution is -2.33. The van der Waals surface area contributed by atoms with Gasteiger partial charge in [0.15, 0.2) is 8.32 Å². The number of hydrogen-bond acceptors (Lipinski definition) is 2. The van der Waals surface area contributed by atoms with Crippen LogP contribution in [0.5, 0.6) is 0 Å². The third kappa shape index (κ3) is 5.78. The van der Waals surface area contributed by atoms with E-state index in [-0.39, 0.29) is 0 Å². The summed E-state index contributed by atoms with van der Waals surface area (Å²) in [5.74, 6) is 0. The molecule has 0 aromatic heterocycles. The van der Waals surface area contributed by atoms with Crippen molar-refractivity contribution in [3.05, 3.63) is 0 Å². The molecule has 0 unspecified atom stereocenters. The molecule has 0 bridgehead atoms. The molecule has 1 aliphatic heterocycles. The summed E-state index contributed by atoms with van der Waals surface area (Å²) >= 11 is 0.